The molecule has 0 amide bonds. The van der Waals surface area contributed by atoms with E-state index in [9.17, 15) is 23.3 Å². The molecule has 0 spiro atoms. The first-order valence-corrected chi connectivity index (χ1v) is 6.16. The van der Waals surface area contributed by atoms with Gasteiger partial charge in [-0.15, -0.1) is 0 Å². The Hall–Kier alpha value is -1.85. The minimum Gasteiger partial charge on any atom is -0.264 e. The van der Waals surface area contributed by atoms with Crippen LogP contribution in [-0.2, 0) is 0 Å². The van der Waals surface area contributed by atoms with Gasteiger partial charge in [-0.05, 0) is 12.5 Å². The van der Waals surface area contributed by atoms with E-state index in [1.165, 1.54) is 12.1 Å². The largest absolute Gasteiger partial charge is 0.396 e. The number of rotatable bonds is 2. The molecule has 1 aliphatic rings. The fraction of sp³-hybridized carbons (Fsp3) is 0.429. The summed E-state index contributed by atoms with van der Waals surface area (Å²) in [4.78, 5) is 10.4. The average Bonchev–Trinajstić information content (AvgIpc) is 2.67. The lowest BCUT2D eigenvalue weighted by atomic mass is 9.85. The smallest absolute Gasteiger partial charge is 0.264 e. The van der Waals surface area contributed by atoms with Gasteiger partial charge in [0.25, 0.3) is 0 Å². The van der Waals surface area contributed by atoms with Crippen molar-refractivity contribution in [2.24, 2.45) is 5.92 Å². The van der Waals surface area contributed by atoms with Crippen LogP contribution in [0.25, 0.3) is 0 Å². The molecule has 1 aromatic rings. The highest BCUT2D eigenvalue weighted by molar-refractivity contribution is 5.32. The van der Waals surface area contributed by atoms with Crippen LogP contribution in [0.15, 0.2) is 36.4 Å². The number of alkyl halides is 3. The summed E-state index contributed by atoms with van der Waals surface area (Å²) in [5.74, 6) is -3.04. The molecule has 2 rings (SSSR count). The van der Waals surface area contributed by atoms with Crippen LogP contribution in [0.4, 0.5) is 13.2 Å². The highest BCUT2D eigenvalue weighted by Crippen LogP contribution is 2.51. The normalized spacial score (nSPS) is 26.8. The minimum atomic E-state index is -4.52. The van der Waals surface area contributed by atoms with Gasteiger partial charge in [-0.1, -0.05) is 42.0 Å². The lowest BCUT2D eigenvalue weighted by Crippen LogP contribution is -2.32. The van der Waals surface area contributed by atoms with Gasteiger partial charge in [-0.3, -0.25) is 10.1 Å². The number of hydrogen-bond donors (Lipinski definition) is 0. The monoisotopic (exact) mass is 285 g/mol. The lowest BCUT2D eigenvalue weighted by molar-refractivity contribution is -0.524. The standard InChI is InChI=1S/C14H14F3NO2/c1-8-3-5-10(6-4-8)12-11(18(19)20)7-9(2)13(12)14(15,16)17/h3-6,11-13H,2,7H2,1H3/t11-,12+,13-/m0/s1. The molecule has 0 aliphatic heterocycles. The molecule has 0 unspecified atom stereocenters. The summed E-state index contributed by atoms with van der Waals surface area (Å²) >= 11 is 0. The van der Waals surface area contributed by atoms with E-state index in [4.69, 9.17) is 0 Å². The number of nitrogens with zero attached hydrogens (tertiary/aromatic N) is 1. The van der Waals surface area contributed by atoms with Gasteiger partial charge in [0.05, 0.1) is 11.8 Å². The molecule has 1 aromatic carbocycles. The van der Waals surface area contributed by atoms with Crippen LogP contribution < -0.4 is 0 Å². The Bertz CT molecular complexity index is 536. The van der Waals surface area contributed by atoms with E-state index in [1.807, 2.05) is 6.92 Å². The quantitative estimate of drug-likeness (QED) is 0.470. The second-order valence-corrected chi connectivity index (χ2v) is 5.17. The van der Waals surface area contributed by atoms with E-state index in [-0.39, 0.29) is 12.0 Å². The third-order valence-electron chi connectivity index (χ3n) is 3.77. The van der Waals surface area contributed by atoms with Crippen LogP contribution in [0.3, 0.4) is 0 Å². The van der Waals surface area contributed by atoms with Gasteiger partial charge in [0.2, 0.25) is 6.04 Å². The number of hydrogen-bond acceptors (Lipinski definition) is 2. The van der Waals surface area contributed by atoms with Gasteiger partial charge in [-0.25, -0.2) is 0 Å². The third kappa shape index (κ3) is 2.55. The Labute approximate surface area is 114 Å². The predicted octanol–water partition coefficient (Wildman–Crippen LogP) is 3.86. The Morgan fingerprint density at radius 1 is 1.30 bits per heavy atom. The van der Waals surface area contributed by atoms with Crippen LogP contribution in [0.5, 0.6) is 0 Å². The summed E-state index contributed by atoms with van der Waals surface area (Å²) < 4.78 is 39.5. The summed E-state index contributed by atoms with van der Waals surface area (Å²) in [6.07, 6.45) is -4.74. The Morgan fingerprint density at radius 3 is 2.30 bits per heavy atom. The summed E-state index contributed by atoms with van der Waals surface area (Å²) in [5, 5.41) is 11.1. The average molecular weight is 285 g/mol. The molecule has 1 saturated carbocycles. The van der Waals surface area contributed by atoms with E-state index in [2.05, 4.69) is 6.58 Å². The van der Waals surface area contributed by atoms with Crippen LogP contribution >= 0.6 is 0 Å². The van der Waals surface area contributed by atoms with Gasteiger partial charge < -0.3 is 0 Å². The first kappa shape index (κ1) is 14.6. The van der Waals surface area contributed by atoms with Crippen molar-refractivity contribution < 1.29 is 18.1 Å². The van der Waals surface area contributed by atoms with Crippen molar-refractivity contribution in [3.8, 4) is 0 Å². The number of nitro groups is 1. The third-order valence-corrected chi connectivity index (χ3v) is 3.77. The van der Waals surface area contributed by atoms with Crippen LogP contribution in [0, 0.1) is 23.0 Å². The Kier molecular flexibility index (Phi) is 3.58. The number of aryl methyl sites for hydroxylation is 1. The van der Waals surface area contributed by atoms with Crippen LogP contribution in [0.2, 0.25) is 0 Å². The second-order valence-electron chi connectivity index (χ2n) is 5.17. The van der Waals surface area contributed by atoms with Crippen molar-refractivity contribution in [3.63, 3.8) is 0 Å². The summed E-state index contributed by atoms with van der Waals surface area (Å²) in [6.45, 7) is 5.21. The van der Waals surface area contributed by atoms with Crippen LogP contribution in [0.1, 0.15) is 23.5 Å². The molecule has 0 radical (unpaired) electrons. The zero-order valence-corrected chi connectivity index (χ0v) is 10.9. The summed E-state index contributed by atoms with van der Waals surface area (Å²) in [6, 6.07) is 5.14. The fourth-order valence-corrected chi connectivity index (χ4v) is 2.84. The van der Waals surface area contributed by atoms with E-state index >= 15 is 0 Å². The highest BCUT2D eigenvalue weighted by Gasteiger charge is 2.57. The van der Waals surface area contributed by atoms with Crippen molar-refractivity contribution in [2.45, 2.75) is 31.5 Å². The molecule has 0 bridgehead atoms. The minimum absolute atomic E-state index is 0.107. The molecule has 3 nitrogen and oxygen atoms in total. The van der Waals surface area contributed by atoms with Gasteiger partial charge in [-0.2, -0.15) is 13.2 Å². The SMILES string of the molecule is C=C1C[C@H]([N+](=O)[O-])[C@@H](c2ccc(C)cc2)[C@H]1C(F)(F)F. The number of halogens is 3. The fourth-order valence-electron chi connectivity index (χ4n) is 2.84. The molecule has 20 heavy (non-hydrogen) atoms. The molecule has 3 atom stereocenters. The van der Waals surface area contributed by atoms with Crippen molar-refractivity contribution >= 4 is 0 Å². The van der Waals surface area contributed by atoms with E-state index in [0.29, 0.717) is 5.56 Å². The van der Waals surface area contributed by atoms with Gasteiger partial charge in [0, 0.05) is 11.3 Å². The molecular weight excluding hydrogens is 271 g/mol. The lowest BCUT2D eigenvalue weighted by Gasteiger charge is -2.23. The van der Waals surface area contributed by atoms with E-state index in [0.717, 1.165) is 5.56 Å². The first-order valence-electron chi connectivity index (χ1n) is 6.16. The molecule has 0 heterocycles. The molecule has 1 fully saturated rings. The van der Waals surface area contributed by atoms with Crippen molar-refractivity contribution in [1.82, 2.24) is 0 Å². The molecule has 0 aromatic heterocycles. The molecule has 0 saturated heterocycles. The topological polar surface area (TPSA) is 43.1 Å². The maximum Gasteiger partial charge on any atom is 0.396 e. The zero-order chi connectivity index (χ0) is 15.1. The molecule has 1 aliphatic carbocycles. The Balaban J connectivity index is 2.49. The van der Waals surface area contributed by atoms with Crippen molar-refractivity contribution in [1.29, 1.82) is 0 Å². The van der Waals surface area contributed by atoms with Gasteiger partial charge in [0.1, 0.15) is 0 Å². The van der Waals surface area contributed by atoms with Crippen molar-refractivity contribution in [2.75, 3.05) is 0 Å². The maximum absolute atomic E-state index is 13.2. The molecule has 6 heteroatoms. The Morgan fingerprint density at radius 2 is 1.85 bits per heavy atom. The van der Waals surface area contributed by atoms with Gasteiger partial charge >= 0.3 is 6.18 Å². The second kappa shape index (κ2) is 4.92. The zero-order valence-electron chi connectivity index (χ0n) is 10.9. The molecule has 108 valence electrons. The molecule has 0 N–H and O–H groups in total. The van der Waals surface area contributed by atoms with E-state index < -0.39 is 29.0 Å². The van der Waals surface area contributed by atoms with E-state index in [1.54, 1.807) is 12.1 Å². The highest BCUT2D eigenvalue weighted by atomic mass is 19.4. The predicted molar refractivity (Wildman–Crippen MR) is 68.0 cm³/mol. The maximum atomic E-state index is 13.2. The summed E-state index contributed by atoms with van der Waals surface area (Å²) in [7, 11) is 0. The molecular formula is C14H14F3NO2. The first-order chi connectivity index (χ1) is 9.21. The number of benzene rings is 1. The van der Waals surface area contributed by atoms with Crippen LogP contribution in [-0.4, -0.2) is 17.1 Å². The van der Waals surface area contributed by atoms with Crippen molar-refractivity contribution in [3.05, 3.63) is 57.7 Å². The summed E-state index contributed by atoms with van der Waals surface area (Å²) in [5.41, 5.74) is 1.13. The van der Waals surface area contributed by atoms with Gasteiger partial charge in [0.15, 0.2) is 0 Å².